The van der Waals surface area contributed by atoms with E-state index in [-0.39, 0.29) is 0 Å². The topological polar surface area (TPSA) is 40.4 Å². The van der Waals surface area contributed by atoms with Crippen molar-refractivity contribution in [3.8, 4) is 0 Å². The molecule has 33 heavy (non-hydrogen) atoms. The molecule has 0 amide bonds. The molecule has 5 aromatic rings. The molecule has 170 valence electrons. The number of imidazole rings is 1. The van der Waals surface area contributed by atoms with E-state index in [2.05, 4.69) is 108 Å². The zero-order valence-electron chi connectivity index (χ0n) is 20.3. The summed E-state index contributed by atoms with van der Waals surface area (Å²) in [4.78, 5) is 6.87. The van der Waals surface area contributed by atoms with Crippen LogP contribution in [0.25, 0.3) is 21.8 Å². The third-order valence-electron chi connectivity index (χ3n) is 7.11. The SMILES string of the molecule is Cc1c(C)[n+](CCc2c[nH]c3ccccc23)c(CC(C)C)n1CCc1c[nH]c2ccccc12. The van der Waals surface area contributed by atoms with E-state index in [1.165, 1.54) is 50.1 Å². The van der Waals surface area contributed by atoms with Gasteiger partial charge in [-0.3, -0.25) is 0 Å². The van der Waals surface area contributed by atoms with Crippen molar-refractivity contribution in [2.45, 2.75) is 60.0 Å². The van der Waals surface area contributed by atoms with Gasteiger partial charge in [-0.2, -0.15) is 0 Å². The number of H-pyrrole nitrogens is 2. The van der Waals surface area contributed by atoms with E-state index in [1.54, 1.807) is 0 Å². The van der Waals surface area contributed by atoms with Gasteiger partial charge >= 0.3 is 0 Å². The second-order valence-electron chi connectivity index (χ2n) is 9.71. The lowest BCUT2D eigenvalue weighted by Gasteiger charge is -2.09. The Balaban J connectivity index is 1.43. The number of nitrogens with one attached hydrogen (secondary N) is 2. The highest BCUT2D eigenvalue weighted by atomic mass is 15.2. The zero-order valence-corrected chi connectivity index (χ0v) is 20.3. The highest BCUT2D eigenvalue weighted by Gasteiger charge is 2.26. The number of aromatic nitrogens is 4. The average molecular weight is 440 g/mol. The third-order valence-corrected chi connectivity index (χ3v) is 7.11. The van der Waals surface area contributed by atoms with Gasteiger partial charge in [-0.25, -0.2) is 9.13 Å². The van der Waals surface area contributed by atoms with Crippen LogP contribution in [0.15, 0.2) is 60.9 Å². The van der Waals surface area contributed by atoms with Crippen LogP contribution in [0, 0.1) is 19.8 Å². The highest BCUT2D eigenvalue weighted by molar-refractivity contribution is 5.83. The quantitative estimate of drug-likeness (QED) is 0.277. The molecular formula is C29H35N4+. The van der Waals surface area contributed by atoms with Crippen LogP contribution in [-0.4, -0.2) is 14.5 Å². The Kier molecular flexibility index (Phi) is 5.84. The van der Waals surface area contributed by atoms with E-state index in [1.807, 2.05) is 0 Å². The van der Waals surface area contributed by atoms with Gasteiger partial charge in [-0.05, 0) is 29.2 Å². The van der Waals surface area contributed by atoms with Crippen LogP contribution in [0.4, 0.5) is 0 Å². The van der Waals surface area contributed by atoms with Crippen LogP contribution in [0.1, 0.15) is 42.2 Å². The van der Waals surface area contributed by atoms with Gasteiger partial charge in [0.15, 0.2) is 0 Å². The van der Waals surface area contributed by atoms with Gasteiger partial charge in [0.1, 0.15) is 11.4 Å². The molecule has 2 N–H and O–H groups in total. The molecule has 0 bridgehead atoms. The number of rotatable bonds is 8. The largest absolute Gasteiger partial charge is 0.361 e. The van der Waals surface area contributed by atoms with E-state index in [4.69, 9.17) is 0 Å². The zero-order chi connectivity index (χ0) is 22.9. The predicted molar refractivity (Wildman–Crippen MR) is 137 cm³/mol. The van der Waals surface area contributed by atoms with Crippen LogP contribution in [0.5, 0.6) is 0 Å². The number of fused-ring (bicyclic) bond motifs is 2. The number of nitrogens with zero attached hydrogens (tertiary/aromatic N) is 2. The predicted octanol–water partition coefficient (Wildman–Crippen LogP) is 6.04. The molecule has 2 aromatic carbocycles. The normalized spacial score (nSPS) is 11.9. The van der Waals surface area contributed by atoms with Crippen LogP contribution < -0.4 is 4.57 Å². The van der Waals surface area contributed by atoms with Crippen molar-refractivity contribution >= 4 is 21.8 Å². The van der Waals surface area contributed by atoms with Crippen LogP contribution in [-0.2, 0) is 32.4 Å². The van der Waals surface area contributed by atoms with Crippen molar-refractivity contribution < 1.29 is 4.57 Å². The van der Waals surface area contributed by atoms with E-state index in [0.29, 0.717) is 5.92 Å². The first kappa shape index (κ1) is 21.6. The molecule has 0 aliphatic rings. The first-order chi connectivity index (χ1) is 16.0. The monoisotopic (exact) mass is 439 g/mol. The van der Waals surface area contributed by atoms with E-state index < -0.39 is 0 Å². The molecule has 0 aliphatic carbocycles. The molecule has 5 rings (SSSR count). The second kappa shape index (κ2) is 8.93. The molecule has 0 radical (unpaired) electrons. The highest BCUT2D eigenvalue weighted by Crippen LogP contribution is 2.21. The fraction of sp³-hybridized carbons (Fsp3) is 0.345. The Bertz CT molecular complexity index is 1290. The van der Waals surface area contributed by atoms with Gasteiger partial charge < -0.3 is 9.97 Å². The molecular weight excluding hydrogens is 404 g/mol. The first-order valence-electron chi connectivity index (χ1n) is 12.2. The molecule has 4 nitrogen and oxygen atoms in total. The van der Waals surface area contributed by atoms with Crippen LogP contribution in [0.3, 0.4) is 0 Å². The van der Waals surface area contributed by atoms with Gasteiger partial charge in [0.25, 0.3) is 5.82 Å². The molecule has 0 atom stereocenters. The molecule has 0 saturated carbocycles. The lowest BCUT2D eigenvalue weighted by molar-refractivity contribution is -0.709. The maximum atomic E-state index is 3.44. The minimum absolute atomic E-state index is 0.616. The fourth-order valence-electron chi connectivity index (χ4n) is 5.24. The molecule has 0 saturated heterocycles. The Labute approximate surface area is 196 Å². The molecule has 4 heteroatoms. The number of benzene rings is 2. The minimum atomic E-state index is 0.616. The van der Waals surface area contributed by atoms with E-state index >= 15 is 0 Å². The van der Waals surface area contributed by atoms with Crippen molar-refractivity contribution in [1.82, 2.24) is 14.5 Å². The van der Waals surface area contributed by atoms with Gasteiger partial charge in [0, 0.05) is 60.9 Å². The van der Waals surface area contributed by atoms with Crippen molar-refractivity contribution in [3.63, 3.8) is 0 Å². The fourth-order valence-corrected chi connectivity index (χ4v) is 5.24. The first-order valence-corrected chi connectivity index (χ1v) is 12.2. The summed E-state index contributed by atoms with van der Waals surface area (Å²) >= 11 is 0. The van der Waals surface area contributed by atoms with Gasteiger partial charge in [-0.15, -0.1) is 0 Å². The summed E-state index contributed by atoms with van der Waals surface area (Å²) in [6.07, 6.45) is 7.53. The average Bonchev–Trinajstić information content (AvgIpc) is 3.47. The third kappa shape index (κ3) is 4.10. The summed E-state index contributed by atoms with van der Waals surface area (Å²) in [5.74, 6) is 2.07. The lowest BCUT2D eigenvalue weighted by Crippen LogP contribution is -2.41. The standard InChI is InChI=1S/C29H35N4/c1-20(2)17-29-32(15-13-23-18-30-27-11-7-5-9-25(23)27)21(3)22(4)33(29)16-14-24-19-31-28-12-8-6-10-26(24)28/h5-12,18-20,30-31H,13-17H2,1-4H3/q+1. The van der Waals surface area contributed by atoms with Gasteiger partial charge in [0.05, 0.1) is 19.5 Å². The minimum Gasteiger partial charge on any atom is -0.361 e. The second-order valence-corrected chi connectivity index (χ2v) is 9.71. The number of aromatic amines is 2. The van der Waals surface area contributed by atoms with Crippen molar-refractivity contribution in [3.05, 3.63) is 89.3 Å². The maximum absolute atomic E-state index is 3.44. The molecule has 0 spiro atoms. The van der Waals surface area contributed by atoms with Crippen LogP contribution >= 0.6 is 0 Å². The van der Waals surface area contributed by atoms with Gasteiger partial charge in [0.2, 0.25) is 0 Å². The van der Waals surface area contributed by atoms with E-state index in [9.17, 15) is 0 Å². The smallest absolute Gasteiger partial charge is 0.257 e. The summed E-state index contributed by atoms with van der Waals surface area (Å²) in [6, 6.07) is 17.2. The summed E-state index contributed by atoms with van der Waals surface area (Å²) in [5, 5.41) is 2.69. The summed E-state index contributed by atoms with van der Waals surface area (Å²) in [7, 11) is 0. The molecule has 0 unspecified atom stereocenters. The number of hydrogen-bond donors (Lipinski definition) is 2. The molecule has 3 aromatic heterocycles. The Morgan fingerprint density at radius 1 is 0.818 bits per heavy atom. The van der Waals surface area contributed by atoms with Crippen molar-refractivity contribution in [2.24, 2.45) is 5.92 Å². The number of aryl methyl sites for hydroxylation is 2. The van der Waals surface area contributed by atoms with Crippen LogP contribution in [0.2, 0.25) is 0 Å². The number of para-hydroxylation sites is 2. The summed E-state index contributed by atoms with van der Waals surface area (Å²) in [5.41, 5.74) is 8.04. The molecule has 3 heterocycles. The lowest BCUT2D eigenvalue weighted by atomic mass is 10.1. The Hall–Kier alpha value is -3.27. The Morgan fingerprint density at radius 3 is 2.00 bits per heavy atom. The maximum Gasteiger partial charge on any atom is 0.257 e. The molecule has 0 aliphatic heterocycles. The summed E-state index contributed by atoms with van der Waals surface area (Å²) < 4.78 is 5.15. The summed E-state index contributed by atoms with van der Waals surface area (Å²) in [6.45, 7) is 11.2. The van der Waals surface area contributed by atoms with E-state index in [0.717, 1.165) is 32.4 Å². The Morgan fingerprint density at radius 2 is 1.39 bits per heavy atom. The van der Waals surface area contributed by atoms with Gasteiger partial charge in [-0.1, -0.05) is 50.2 Å². The number of hydrogen-bond acceptors (Lipinski definition) is 0. The van der Waals surface area contributed by atoms with Crippen molar-refractivity contribution in [2.75, 3.05) is 0 Å². The van der Waals surface area contributed by atoms with Crippen molar-refractivity contribution in [1.29, 1.82) is 0 Å². The molecule has 0 fully saturated rings.